The van der Waals surface area contributed by atoms with E-state index in [0.717, 1.165) is 19.8 Å². The summed E-state index contributed by atoms with van der Waals surface area (Å²) in [5, 5.41) is 3.33. The highest BCUT2D eigenvalue weighted by molar-refractivity contribution is 4.88. The van der Waals surface area contributed by atoms with Crippen LogP contribution in [0.2, 0.25) is 0 Å². The third-order valence-corrected chi connectivity index (χ3v) is 3.74. The van der Waals surface area contributed by atoms with Gasteiger partial charge >= 0.3 is 0 Å². The molecule has 2 rings (SSSR count). The van der Waals surface area contributed by atoms with Crippen molar-refractivity contribution in [1.29, 1.82) is 0 Å². The normalized spacial score (nSPS) is 33.4. The third-order valence-electron chi connectivity index (χ3n) is 3.74. The van der Waals surface area contributed by atoms with E-state index in [1.807, 2.05) is 0 Å². The number of piperidine rings is 1. The van der Waals surface area contributed by atoms with Gasteiger partial charge in [-0.2, -0.15) is 0 Å². The Kier molecular flexibility index (Phi) is 4.00. The van der Waals surface area contributed by atoms with Crippen molar-refractivity contribution in [1.82, 2.24) is 10.2 Å². The minimum atomic E-state index is 0.395. The van der Waals surface area contributed by atoms with Crippen molar-refractivity contribution in [2.24, 2.45) is 5.41 Å². The van der Waals surface area contributed by atoms with Crippen LogP contribution in [0.5, 0.6) is 0 Å². The van der Waals surface area contributed by atoms with Crippen LogP contribution in [0.25, 0.3) is 0 Å². The van der Waals surface area contributed by atoms with E-state index in [0.29, 0.717) is 5.41 Å². The van der Waals surface area contributed by atoms with E-state index in [2.05, 4.69) is 17.3 Å². The average Bonchev–Trinajstić information content (AvgIpc) is 2.69. The molecule has 1 unspecified atom stereocenters. The number of nitrogens with one attached hydrogen (secondary N) is 1. The zero-order chi connectivity index (χ0) is 10.6. The minimum Gasteiger partial charge on any atom is -0.381 e. The van der Waals surface area contributed by atoms with Gasteiger partial charge in [-0.25, -0.2) is 0 Å². The average molecular weight is 212 g/mol. The molecule has 1 atom stereocenters. The van der Waals surface area contributed by atoms with E-state index in [4.69, 9.17) is 4.74 Å². The summed E-state index contributed by atoms with van der Waals surface area (Å²) in [6.07, 6.45) is 5.42. The van der Waals surface area contributed by atoms with Gasteiger partial charge in [-0.3, -0.25) is 0 Å². The summed E-state index contributed by atoms with van der Waals surface area (Å²) < 4.78 is 5.59. The lowest BCUT2D eigenvalue weighted by atomic mass is 9.86. The first-order chi connectivity index (χ1) is 7.35. The number of hydrogen-bond acceptors (Lipinski definition) is 3. The van der Waals surface area contributed by atoms with Gasteiger partial charge in [-0.1, -0.05) is 6.42 Å². The first-order valence-electron chi connectivity index (χ1n) is 6.29. The minimum absolute atomic E-state index is 0.395. The predicted octanol–water partition coefficient (Wildman–Crippen LogP) is 1.10. The summed E-state index contributed by atoms with van der Waals surface area (Å²) in [5.74, 6) is 0. The lowest BCUT2D eigenvalue weighted by Crippen LogP contribution is -2.45. The Bertz CT molecular complexity index is 184. The van der Waals surface area contributed by atoms with Crippen molar-refractivity contribution in [2.45, 2.75) is 25.7 Å². The summed E-state index contributed by atoms with van der Waals surface area (Å²) in [7, 11) is 2.05. The molecule has 0 amide bonds. The first-order valence-corrected chi connectivity index (χ1v) is 6.29. The number of hydrogen-bond donors (Lipinski definition) is 1. The molecule has 3 nitrogen and oxygen atoms in total. The van der Waals surface area contributed by atoms with Crippen LogP contribution < -0.4 is 5.32 Å². The Morgan fingerprint density at radius 3 is 2.67 bits per heavy atom. The fourth-order valence-electron chi connectivity index (χ4n) is 2.94. The SMILES string of the molecule is CNCC1(CN2CCCCC2)CCOC1. The number of likely N-dealkylation sites (tertiary alicyclic amines) is 1. The van der Waals surface area contributed by atoms with Crippen LogP contribution in [0.4, 0.5) is 0 Å². The quantitative estimate of drug-likeness (QED) is 0.755. The monoisotopic (exact) mass is 212 g/mol. The predicted molar refractivity (Wildman–Crippen MR) is 62.1 cm³/mol. The molecule has 0 aliphatic carbocycles. The maximum absolute atomic E-state index is 5.59. The fraction of sp³-hybridized carbons (Fsp3) is 1.00. The molecular weight excluding hydrogens is 188 g/mol. The largest absolute Gasteiger partial charge is 0.381 e. The van der Waals surface area contributed by atoms with E-state index in [1.165, 1.54) is 45.3 Å². The Labute approximate surface area is 93.2 Å². The first kappa shape index (κ1) is 11.4. The molecule has 2 aliphatic rings. The van der Waals surface area contributed by atoms with E-state index < -0.39 is 0 Å². The highest BCUT2D eigenvalue weighted by atomic mass is 16.5. The number of nitrogens with zero attached hydrogens (tertiary/aromatic N) is 1. The molecule has 1 N–H and O–H groups in total. The third kappa shape index (κ3) is 2.92. The summed E-state index contributed by atoms with van der Waals surface area (Å²) in [6, 6.07) is 0. The molecule has 0 saturated carbocycles. The van der Waals surface area contributed by atoms with Gasteiger partial charge < -0.3 is 15.0 Å². The van der Waals surface area contributed by atoms with Gasteiger partial charge in [0.1, 0.15) is 0 Å². The summed E-state index contributed by atoms with van der Waals surface area (Å²) in [6.45, 7) is 6.83. The maximum Gasteiger partial charge on any atom is 0.0547 e. The van der Waals surface area contributed by atoms with E-state index >= 15 is 0 Å². The molecule has 15 heavy (non-hydrogen) atoms. The Morgan fingerprint density at radius 2 is 2.07 bits per heavy atom. The second kappa shape index (κ2) is 5.28. The Balaban J connectivity index is 1.87. The number of ether oxygens (including phenoxy) is 1. The molecule has 0 aromatic heterocycles. The Morgan fingerprint density at radius 1 is 1.27 bits per heavy atom. The van der Waals surface area contributed by atoms with Crippen molar-refractivity contribution in [2.75, 3.05) is 46.4 Å². The standard InChI is InChI=1S/C12H24N2O/c1-13-9-12(5-8-15-11-12)10-14-6-3-2-4-7-14/h13H,2-11H2,1H3. The molecule has 0 aromatic rings. The summed E-state index contributed by atoms with van der Waals surface area (Å²) in [5.41, 5.74) is 0.395. The van der Waals surface area contributed by atoms with Gasteiger partial charge in [0, 0.05) is 25.1 Å². The van der Waals surface area contributed by atoms with Gasteiger partial charge in [-0.15, -0.1) is 0 Å². The summed E-state index contributed by atoms with van der Waals surface area (Å²) in [4.78, 5) is 2.63. The second-order valence-corrected chi connectivity index (χ2v) is 5.17. The molecule has 2 aliphatic heterocycles. The molecule has 0 bridgehead atoms. The lowest BCUT2D eigenvalue weighted by Gasteiger charge is -2.36. The van der Waals surface area contributed by atoms with Crippen LogP contribution >= 0.6 is 0 Å². The highest BCUT2D eigenvalue weighted by Crippen LogP contribution is 2.29. The van der Waals surface area contributed by atoms with Crippen molar-refractivity contribution in [3.63, 3.8) is 0 Å². The smallest absolute Gasteiger partial charge is 0.0547 e. The molecule has 2 fully saturated rings. The molecule has 3 heteroatoms. The van der Waals surface area contributed by atoms with Crippen LogP contribution in [0.1, 0.15) is 25.7 Å². The van der Waals surface area contributed by atoms with Gasteiger partial charge in [0.15, 0.2) is 0 Å². The summed E-state index contributed by atoms with van der Waals surface area (Å²) >= 11 is 0. The van der Waals surface area contributed by atoms with E-state index in [-0.39, 0.29) is 0 Å². The van der Waals surface area contributed by atoms with Crippen molar-refractivity contribution >= 4 is 0 Å². The molecular formula is C12H24N2O. The fourth-order valence-corrected chi connectivity index (χ4v) is 2.94. The maximum atomic E-state index is 5.59. The van der Waals surface area contributed by atoms with Gasteiger partial charge in [0.25, 0.3) is 0 Å². The highest BCUT2D eigenvalue weighted by Gasteiger charge is 2.36. The van der Waals surface area contributed by atoms with Gasteiger partial charge in [0.05, 0.1) is 6.61 Å². The van der Waals surface area contributed by atoms with Crippen LogP contribution in [0.15, 0.2) is 0 Å². The second-order valence-electron chi connectivity index (χ2n) is 5.17. The molecule has 88 valence electrons. The Hall–Kier alpha value is -0.120. The molecule has 2 saturated heterocycles. The van der Waals surface area contributed by atoms with Crippen LogP contribution in [0.3, 0.4) is 0 Å². The topological polar surface area (TPSA) is 24.5 Å². The van der Waals surface area contributed by atoms with E-state index in [1.54, 1.807) is 0 Å². The van der Waals surface area contributed by atoms with Crippen LogP contribution in [-0.4, -0.2) is 51.3 Å². The molecule has 0 spiro atoms. The molecule has 0 radical (unpaired) electrons. The number of rotatable bonds is 4. The zero-order valence-corrected chi connectivity index (χ0v) is 9.93. The lowest BCUT2D eigenvalue weighted by molar-refractivity contribution is 0.0995. The van der Waals surface area contributed by atoms with E-state index in [9.17, 15) is 0 Å². The zero-order valence-electron chi connectivity index (χ0n) is 9.93. The van der Waals surface area contributed by atoms with Gasteiger partial charge in [-0.05, 0) is 39.4 Å². The van der Waals surface area contributed by atoms with Crippen LogP contribution in [0, 0.1) is 5.41 Å². The van der Waals surface area contributed by atoms with Crippen molar-refractivity contribution in [3.8, 4) is 0 Å². The van der Waals surface area contributed by atoms with Crippen molar-refractivity contribution in [3.05, 3.63) is 0 Å². The molecule has 2 heterocycles. The van der Waals surface area contributed by atoms with Gasteiger partial charge in [0.2, 0.25) is 0 Å². The van der Waals surface area contributed by atoms with Crippen molar-refractivity contribution < 1.29 is 4.74 Å². The van der Waals surface area contributed by atoms with Crippen LogP contribution in [-0.2, 0) is 4.74 Å². The molecule has 0 aromatic carbocycles.